The minimum absolute atomic E-state index is 0.0447. The van der Waals surface area contributed by atoms with Crippen LogP contribution in [0.3, 0.4) is 0 Å². The zero-order valence-electron chi connectivity index (χ0n) is 10.1. The summed E-state index contributed by atoms with van der Waals surface area (Å²) in [7, 11) is 0. The number of rotatable bonds is 4. The van der Waals surface area contributed by atoms with Gasteiger partial charge in [-0.15, -0.1) is 0 Å². The van der Waals surface area contributed by atoms with Crippen LogP contribution in [0.25, 0.3) is 0 Å². The molecule has 2 heterocycles. The lowest BCUT2D eigenvalue weighted by Gasteiger charge is -2.23. The molecule has 5 heteroatoms. The molecule has 1 fully saturated rings. The van der Waals surface area contributed by atoms with Crippen LogP contribution in [-0.2, 0) is 0 Å². The first-order valence-electron chi connectivity index (χ1n) is 6.06. The first-order valence-corrected chi connectivity index (χ1v) is 6.06. The quantitative estimate of drug-likeness (QED) is 0.860. The largest absolute Gasteiger partial charge is 0.448 e. The number of aromatic nitrogens is 1. The molecular formula is C12H18N2O3. The fourth-order valence-electron chi connectivity index (χ4n) is 2.38. The maximum absolute atomic E-state index is 12.2. The molecule has 1 amide bonds. The minimum atomic E-state index is -0.0447. The molecular weight excluding hydrogens is 220 g/mol. The lowest BCUT2D eigenvalue weighted by Crippen LogP contribution is -2.36. The Kier molecular flexibility index (Phi) is 3.78. The van der Waals surface area contributed by atoms with E-state index in [4.69, 9.17) is 9.52 Å². The third-order valence-corrected chi connectivity index (χ3v) is 3.28. The third kappa shape index (κ3) is 2.49. The maximum Gasteiger partial charge on any atom is 0.276 e. The molecule has 1 aliphatic rings. The van der Waals surface area contributed by atoms with E-state index in [0.717, 1.165) is 32.2 Å². The fraction of sp³-hybridized carbons (Fsp3) is 0.667. The molecule has 0 bridgehead atoms. The number of amides is 1. The first-order chi connectivity index (χ1) is 8.24. The molecule has 1 atom stereocenters. The second-order valence-corrected chi connectivity index (χ2v) is 4.42. The van der Waals surface area contributed by atoms with Crippen LogP contribution >= 0.6 is 0 Å². The van der Waals surface area contributed by atoms with Crippen molar-refractivity contribution in [2.45, 2.75) is 38.6 Å². The number of aliphatic hydroxyl groups is 1. The highest BCUT2D eigenvalue weighted by atomic mass is 16.3. The molecule has 0 aromatic carbocycles. The normalized spacial score (nSPS) is 19.9. The van der Waals surface area contributed by atoms with Gasteiger partial charge in [-0.2, -0.15) is 0 Å². The molecule has 1 N–H and O–H groups in total. The van der Waals surface area contributed by atoms with Gasteiger partial charge in [0.2, 0.25) is 0 Å². The summed E-state index contributed by atoms with van der Waals surface area (Å²) in [4.78, 5) is 18.1. The van der Waals surface area contributed by atoms with Crippen LogP contribution < -0.4 is 0 Å². The van der Waals surface area contributed by atoms with E-state index < -0.39 is 0 Å². The number of carbonyl (C=O) groups excluding carboxylic acids is 1. The molecule has 1 saturated heterocycles. The van der Waals surface area contributed by atoms with Crippen molar-refractivity contribution in [3.63, 3.8) is 0 Å². The van der Waals surface area contributed by atoms with E-state index in [-0.39, 0.29) is 18.6 Å². The van der Waals surface area contributed by atoms with Crippen molar-refractivity contribution >= 4 is 5.91 Å². The van der Waals surface area contributed by atoms with Crippen molar-refractivity contribution in [2.24, 2.45) is 0 Å². The molecule has 1 aromatic rings. The van der Waals surface area contributed by atoms with Gasteiger partial charge in [-0.05, 0) is 32.6 Å². The van der Waals surface area contributed by atoms with Gasteiger partial charge in [0.05, 0.1) is 0 Å². The lowest BCUT2D eigenvalue weighted by atomic mass is 10.1. The molecule has 1 unspecified atom stereocenters. The molecule has 5 nitrogen and oxygen atoms in total. The zero-order chi connectivity index (χ0) is 12.3. The Labute approximate surface area is 100 Å². The number of hydrogen-bond acceptors (Lipinski definition) is 4. The van der Waals surface area contributed by atoms with E-state index in [2.05, 4.69) is 4.98 Å². The Morgan fingerprint density at radius 2 is 2.53 bits per heavy atom. The Morgan fingerprint density at radius 3 is 3.18 bits per heavy atom. The SMILES string of the molecule is Cc1ocnc1C(=O)N1CCCC1CCCO. The van der Waals surface area contributed by atoms with Crippen LogP contribution in [0.15, 0.2) is 10.8 Å². The van der Waals surface area contributed by atoms with Gasteiger partial charge in [0, 0.05) is 19.2 Å². The van der Waals surface area contributed by atoms with Crippen molar-refractivity contribution in [1.82, 2.24) is 9.88 Å². The van der Waals surface area contributed by atoms with Crippen LogP contribution in [0.1, 0.15) is 41.9 Å². The number of nitrogens with zero attached hydrogens (tertiary/aromatic N) is 2. The topological polar surface area (TPSA) is 66.6 Å². The minimum Gasteiger partial charge on any atom is -0.448 e. The third-order valence-electron chi connectivity index (χ3n) is 3.28. The lowest BCUT2D eigenvalue weighted by molar-refractivity contribution is 0.0717. The summed E-state index contributed by atoms with van der Waals surface area (Å²) < 4.78 is 5.06. The first kappa shape index (κ1) is 12.1. The number of likely N-dealkylation sites (tertiary alicyclic amines) is 1. The molecule has 0 radical (unpaired) electrons. The van der Waals surface area contributed by atoms with Crippen molar-refractivity contribution in [3.05, 3.63) is 17.8 Å². The monoisotopic (exact) mass is 238 g/mol. The smallest absolute Gasteiger partial charge is 0.276 e. The number of carbonyl (C=O) groups is 1. The van der Waals surface area contributed by atoms with Crippen LogP contribution in [0.2, 0.25) is 0 Å². The molecule has 1 aliphatic heterocycles. The molecule has 0 saturated carbocycles. The second kappa shape index (κ2) is 5.31. The summed E-state index contributed by atoms with van der Waals surface area (Å²) in [6.07, 6.45) is 4.95. The van der Waals surface area contributed by atoms with Gasteiger partial charge in [-0.3, -0.25) is 4.79 Å². The van der Waals surface area contributed by atoms with Crippen molar-refractivity contribution in [3.8, 4) is 0 Å². The van der Waals surface area contributed by atoms with Crippen LogP contribution in [-0.4, -0.2) is 40.1 Å². The molecule has 1 aromatic heterocycles. The van der Waals surface area contributed by atoms with Crippen molar-refractivity contribution < 1.29 is 14.3 Å². The number of hydrogen-bond donors (Lipinski definition) is 1. The summed E-state index contributed by atoms with van der Waals surface area (Å²) in [6.45, 7) is 2.71. The average Bonchev–Trinajstić information content (AvgIpc) is 2.94. The van der Waals surface area contributed by atoms with Crippen LogP contribution in [0, 0.1) is 6.92 Å². The summed E-state index contributed by atoms with van der Waals surface area (Å²) in [5.74, 6) is 0.527. The second-order valence-electron chi connectivity index (χ2n) is 4.42. The summed E-state index contributed by atoms with van der Waals surface area (Å²) >= 11 is 0. The Bertz CT molecular complexity index is 389. The van der Waals surface area contributed by atoms with Gasteiger partial charge in [-0.1, -0.05) is 0 Å². The van der Waals surface area contributed by atoms with Crippen molar-refractivity contribution in [2.75, 3.05) is 13.2 Å². The molecule has 17 heavy (non-hydrogen) atoms. The Hall–Kier alpha value is -1.36. The van der Waals surface area contributed by atoms with Gasteiger partial charge in [0.15, 0.2) is 12.1 Å². The van der Waals surface area contributed by atoms with Crippen LogP contribution in [0.4, 0.5) is 0 Å². The Balaban J connectivity index is 2.06. The number of aliphatic hydroxyl groups excluding tert-OH is 1. The summed E-state index contributed by atoms with van der Waals surface area (Å²) in [6, 6.07) is 0.241. The van der Waals surface area contributed by atoms with E-state index in [1.54, 1.807) is 6.92 Å². The highest BCUT2D eigenvalue weighted by Crippen LogP contribution is 2.23. The highest BCUT2D eigenvalue weighted by Gasteiger charge is 2.31. The standard InChI is InChI=1S/C12H18N2O3/c1-9-11(13-8-17-9)12(16)14-6-2-4-10(14)5-3-7-15/h8,10,15H,2-7H2,1H3. The molecule has 0 spiro atoms. The van der Waals surface area contributed by atoms with Crippen molar-refractivity contribution in [1.29, 1.82) is 0 Å². The highest BCUT2D eigenvalue weighted by molar-refractivity contribution is 5.93. The van der Waals surface area contributed by atoms with Gasteiger partial charge >= 0.3 is 0 Å². The van der Waals surface area contributed by atoms with E-state index in [0.29, 0.717) is 11.5 Å². The molecule has 0 aliphatic carbocycles. The Morgan fingerprint density at radius 1 is 1.71 bits per heavy atom. The number of aryl methyl sites for hydroxylation is 1. The zero-order valence-corrected chi connectivity index (χ0v) is 10.1. The molecule has 2 rings (SSSR count). The van der Waals surface area contributed by atoms with Gasteiger partial charge in [0.1, 0.15) is 5.76 Å². The maximum atomic E-state index is 12.2. The fourth-order valence-corrected chi connectivity index (χ4v) is 2.38. The average molecular weight is 238 g/mol. The predicted molar refractivity (Wildman–Crippen MR) is 61.6 cm³/mol. The predicted octanol–water partition coefficient (Wildman–Crippen LogP) is 1.36. The van der Waals surface area contributed by atoms with E-state index in [9.17, 15) is 4.79 Å². The molecule has 94 valence electrons. The van der Waals surface area contributed by atoms with Gasteiger partial charge in [0.25, 0.3) is 5.91 Å². The summed E-state index contributed by atoms with van der Waals surface area (Å²) in [5, 5.41) is 8.85. The van der Waals surface area contributed by atoms with Crippen LogP contribution in [0.5, 0.6) is 0 Å². The van der Waals surface area contributed by atoms with E-state index in [1.807, 2.05) is 4.90 Å². The van der Waals surface area contributed by atoms with E-state index in [1.165, 1.54) is 6.39 Å². The van der Waals surface area contributed by atoms with E-state index >= 15 is 0 Å². The summed E-state index contributed by atoms with van der Waals surface area (Å²) in [5.41, 5.74) is 0.417. The number of oxazole rings is 1. The van der Waals surface area contributed by atoms with Gasteiger partial charge < -0.3 is 14.4 Å². The van der Waals surface area contributed by atoms with Gasteiger partial charge in [-0.25, -0.2) is 4.98 Å².